The van der Waals surface area contributed by atoms with E-state index in [2.05, 4.69) is 56.2 Å². The lowest BCUT2D eigenvalue weighted by atomic mass is 10.1. The molecule has 2 aromatic rings. The summed E-state index contributed by atoms with van der Waals surface area (Å²) < 4.78 is 5.98. The zero-order valence-corrected chi connectivity index (χ0v) is 13.3. The van der Waals surface area contributed by atoms with Crippen LogP contribution in [0.25, 0.3) is 0 Å². The molecule has 0 aliphatic heterocycles. The molecule has 0 fully saturated rings. The van der Waals surface area contributed by atoms with Gasteiger partial charge in [0.05, 0.1) is 0 Å². The highest BCUT2D eigenvalue weighted by Crippen LogP contribution is 2.22. The molecular formula is C18H24N2O. The molecule has 1 N–H and O–H groups in total. The number of aryl methyl sites for hydroxylation is 1. The van der Waals surface area contributed by atoms with E-state index < -0.39 is 0 Å². The number of nitrogens with zero attached hydrogens (tertiary/aromatic N) is 1. The van der Waals surface area contributed by atoms with Crippen LogP contribution in [-0.4, -0.2) is 10.5 Å². The summed E-state index contributed by atoms with van der Waals surface area (Å²) in [6.45, 7) is 9.97. The molecule has 2 rings (SSSR count). The summed E-state index contributed by atoms with van der Waals surface area (Å²) in [5.74, 6) is 0.939. The molecule has 1 aromatic carbocycles. The van der Waals surface area contributed by atoms with Crippen LogP contribution in [0.2, 0.25) is 0 Å². The Labute approximate surface area is 127 Å². The van der Waals surface area contributed by atoms with Crippen molar-refractivity contribution in [2.24, 2.45) is 0 Å². The molecule has 1 aromatic heterocycles. The summed E-state index contributed by atoms with van der Waals surface area (Å²) in [6.07, 6.45) is 3.58. The quantitative estimate of drug-likeness (QED) is 0.905. The van der Waals surface area contributed by atoms with Gasteiger partial charge in [-0.1, -0.05) is 17.7 Å². The third kappa shape index (κ3) is 5.20. The van der Waals surface area contributed by atoms with Crippen molar-refractivity contribution in [3.05, 3.63) is 59.4 Å². The van der Waals surface area contributed by atoms with Crippen molar-refractivity contribution in [2.45, 2.75) is 46.4 Å². The number of pyridine rings is 1. The van der Waals surface area contributed by atoms with Crippen LogP contribution in [0.4, 0.5) is 0 Å². The van der Waals surface area contributed by atoms with Crippen LogP contribution in [0.3, 0.4) is 0 Å². The summed E-state index contributed by atoms with van der Waals surface area (Å²) in [5.41, 5.74) is 3.66. The maximum absolute atomic E-state index is 5.98. The van der Waals surface area contributed by atoms with E-state index in [1.54, 1.807) is 12.4 Å². The number of benzene rings is 1. The predicted molar refractivity (Wildman–Crippen MR) is 86.3 cm³/mol. The molecule has 0 spiro atoms. The summed E-state index contributed by atoms with van der Waals surface area (Å²) >= 11 is 0. The zero-order chi connectivity index (χ0) is 15.3. The Kier molecular flexibility index (Phi) is 4.97. The average Bonchev–Trinajstić information content (AvgIpc) is 2.44. The molecule has 0 amide bonds. The fraction of sp³-hybridized carbons (Fsp3) is 0.389. The first-order valence-electron chi connectivity index (χ1n) is 7.30. The van der Waals surface area contributed by atoms with E-state index in [-0.39, 0.29) is 5.54 Å². The Morgan fingerprint density at radius 2 is 1.81 bits per heavy atom. The van der Waals surface area contributed by atoms with E-state index >= 15 is 0 Å². The van der Waals surface area contributed by atoms with Gasteiger partial charge >= 0.3 is 0 Å². The molecule has 0 bridgehead atoms. The first-order valence-corrected chi connectivity index (χ1v) is 7.30. The third-order valence-corrected chi connectivity index (χ3v) is 3.17. The third-order valence-electron chi connectivity index (χ3n) is 3.17. The Morgan fingerprint density at radius 3 is 2.48 bits per heavy atom. The molecule has 21 heavy (non-hydrogen) atoms. The van der Waals surface area contributed by atoms with Gasteiger partial charge in [-0.05, 0) is 51.5 Å². The maximum atomic E-state index is 5.98. The number of ether oxygens (including phenoxy) is 1. The molecule has 0 radical (unpaired) electrons. The minimum absolute atomic E-state index is 0.0894. The minimum Gasteiger partial charge on any atom is -0.489 e. The van der Waals surface area contributed by atoms with Crippen LogP contribution >= 0.6 is 0 Å². The second-order valence-electron chi connectivity index (χ2n) is 6.36. The summed E-state index contributed by atoms with van der Waals surface area (Å²) in [7, 11) is 0. The van der Waals surface area contributed by atoms with Crippen molar-refractivity contribution in [1.29, 1.82) is 0 Å². The summed E-state index contributed by atoms with van der Waals surface area (Å²) in [6, 6.07) is 10.3. The fourth-order valence-electron chi connectivity index (χ4n) is 1.99. The van der Waals surface area contributed by atoms with E-state index in [9.17, 15) is 0 Å². The van der Waals surface area contributed by atoms with Gasteiger partial charge in [0.1, 0.15) is 12.4 Å². The molecular weight excluding hydrogens is 260 g/mol. The van der Waals surface area contributed by atoms with Crippen LogP contribution in [0.5, 0.6) is 5.75 Å². The molecule has 0 saturated heterocycles. The molecule has 0 aliphatic carbocycles. The van der Waals surface area contributed by atoms with Crippen molar-refractivity contribution in [2.75, 3.05) is 0 Å². The van der Waals surface area contributed by atoms with Crippen molar-refractivity contribution < 1.29 is 4.74 Å². The van der Waals surface area contributed by atoms with Crippen molar-refractivity contribution in [1.82, 2.24) is 10.3 Å². The van der Waals surface area contributed by atoms with Crippen LogP contribution in [0.1, 0.15) is 37.5 Å². The van der Waals surface area contributed by atoms with E-state index in [0.717, 1.165) is 17.9 Å². The maximum Gasteiger partial charge on any atom is 0.124 e. The lowest BCUT2D eigenvalue weighted by Crippen LogP contribution is -2.35. The summed E-state index contributed by atoms with van der Waals surface area (Å²) in [5, 5.41) is 3.51. The van der Waals surface area contributed by atoms with Gasteiger partial charge in [0.25, 0.3) is 0 Å². The van der Waals surface area contributed by atoms with Crippen molar-refractivity contribution in [3.63, 3.8) is 0 Å². The Balaban J connectivity index is 2.07. The van der Waals surface area contributed by atoms with E-state index in [1.165, 1.54) is 11.1 Å². The van der Waals surface area contributed by atoms with Gasteiger partial charge in [0, 0.05) is 30.0 Å². The zero-order valence-electron chi connectivity index (χ0n) is 13.3. The highest BCUT2D eigenvalue weighted by atomic mass is 16.5. The van der Waals surface area contributed by atoms with Gasteiger partial charge in [-0.25, -0.2) is 0 Å². The van der Waals surface area contributed by atoms with Crippen molar-refractivity contribution in [3.8, 4) is 5.75 Å². The normalized spacial score (nSPS) is 11.4. The number of hydrogen-bond acceptors (Lipinski definition) is 3. The Morgan fingerprint density at radius 1 is 1.10 bits per heavy atom. The van der Waals surface area contributed by atoms with E-state index in [4.69, 9.17) is 4.74 Å². The topological polar surface area (TPSA) is 34.1 Å². The summed E-state index contributed by atoms with van der Waals surface area (Å²) in [4.78, 5) is 4.02. The van der Waals surface area contributed by atoms with E-state index in [0.29, 0.717) is 6.61 Å². The van der Waals surface area contributed by atoms with Gasteiger partial charge in [0.15, 0.2) is 0 Å². The van der Waals surface area contributed by atoms with Crippen molar-refractivity contribution >= 4 is 0 Å². The lowest BCUT2D eigenvalue weighted by molar-refractivity contribution is 0.300. The largest absolute Gasteiger partial charge is 0.489 e. The van der Waals surface area contributed by atoms with Gasteiger partial charge in [-0.15, -0.1) is 0 Å². The smallest absolute Gasteiger partial charge is 0.124 e. The van der Waals surface area contributed by atoms with Crippen LogP contribution in [0.15, 0.2) is 42.7 Å². The molecule has 1 heterocycles. The average molecular weight is 284 g/mol. The number of nitrogens with one attached hydrogen (secondary N) is 1. The van der Waals surface area contributed by atoms with Crippen LogP contribution in [-0.2, 0) is 13.2 Å². The second kappa shape index (κ2) is 6.72. The monoisotopic (exact) mass is 284 g/mol. The van der Waals surface area contributed by atoms with Gasteiger partial charge in [-0.3, -0.25) is 4.98 Å². The highest BCUT2D eigenvalue weighted by molar-refractivity contribution is 5.37. The molecule has 3 heteroatoms. The second-order valence-corrected chi connectivity index (χ2v) is 6.36. The van der Waals surface area contributed by atoms with Gasteiger partial charge in [0.2, 0.25) is 0 Å². The lowest BCUT2D eigenvalue weighted by Gasteiger charge is -2.22. The first kappa shape index (κ1) is 15.5. The van der Waals surface area contributed by atoms with Crippen LogP contribution < -0.4 is 10.1 Å². The predicted octanol–water partition coefficient (Wildman–Crippen LogP) is 3.86. The molecule has 3 nitrogen and oxygen atoms in total. The van der Waals surface area contributed by atoms with E-state index in [1.807, 2.05) is 12.1 Å². The SMILES string of the molecule is Cc1ccc(OCc2ccncc2)c(CNC(C)(C)C)c1. The Hall–Kier alpha value is -1.87. The molecule has 0 aliphatic rings. The standard InChI is InChI=1S/C18H24N2O/c1-14-5-6-17(16(11-14)12-20-18(2,3)4)21-13-15-7-9-19-10-8-15/h5-11,20H,12-13H2,1-4H3. The fourth-order valence-corrected chi connectivity index (χ4v) is 1.99. The number of aromatic nitrogens is 1. The van der Waals surface area contributed by atoms with Crippen LogP contribution in [0, 0.1) is 6.92 Å². The number of hydrogen-bond donors (Lipinski definition) is 1. The Bertz CT molecular complexity index is 574. The molecule has 0 atom stereocenters. The van der Waals surface area contributed by atoms with Gasteiger partial charge in [-0.2, -0.15) is 0 Å². The minimum atomic E-state index is 0.0894. The molecule has 0 unspecified atom stereocenters. The molecule has 112 valence electrons. The number of rotatable bonds is 5. The molecule has 0 saturated carbocycles. The van der Waals surface area contributed by atoms with Gasteiger partial charge < -0.3 is 10.1 Å². The highest BCUT2D eigenvalue weighted by Gasteiger charge is 2.11. The first-order chi connectivity index (χ1) is 9.94.